The third-order valence-corrected chi connectivity index (χ3v) is 6.24. The number of benzene rings is 1. The lowest BCUT2D eigenvalue weighted by Crippen LogP contribution is -2.41. The fourth-order valence-electron chi connectivity index (χ4n) is 2.32. The molecule has 1 saturated heterocycles. The van der Waals surface area contributed by atoms with E-state index in [0.717, 1.165) is 13.0 Å². The summed E-state index contributed by atoms with van der Waals surface area (Å²) in [5.74, 6) is -0.462. The van der Waals surface area contributed by atoms with Crippen molar-refractivity contribution in [2.24, 2.45) is 0 Å². The summed E-state index contributed by atoms with van der Waals surface area (Å²) in [6, 6.07) is 3.61. The van der Waals surface area contributed by atoms with Gasteiger partial charge in [0.25, 0.3) is 0 Å². The van der Waals surface area contributed by atoms with Gasteiger partial charge >= 0.3 is 0 Å². The van der Waals surface area contributed by atoms with Crippen LogP contribution in [-0.4, -0.2) is 38.4 Å². The van der Waals surface area contributed by atoms with Crippen molar-refractivity contribution in [3.63, 3.8) is 0 Å². The molecule has 1 aromatic rings. The van der Waals surface area contributed by atoms with Gasteiger partial charge in [-0.3, -0.25) is 0 Å². The van der Waals surface area contributed by atoms with Gasteiger partial charge in [-0.2, -0.15) is 4.31 Å². The van der Waals surface area contributed by atoms with Crippen LogP contribution < -0.4 is 5.32 Å². The highest BCUT2D eigenvalue weighted by Crippen LogP contribution is 2.28. The summed E-state index contributed by atoms with van der Waals surface area (Å²) in [5, 5.41) is 3.16. The Morgan fingerprint density at radius 1 is 1.53 bits per heavy atom. The van der Waals surface area contributed by atoms with Gasteiger partial charge in [-0.05, 0) is 47.1 Å². The molecule has 1 unspecified atom stereocenters. The molecule has 1 fully saturated rings. The van der Waals surface area contributed by atoms with Crippen molar-refractivity contribution in [3.8, 4) is 0 Å². The Bertz CT molecular complexity index is 559. The van der Waals surface area contributed by atoms with Gasteiger partial charge in [-0.25, -0.2) is 12.8 Å². The Morgan fingerprint density at radius 3 is 2.79 bits per heavy atom. The molecular formula is C12H16BrFN2O2S. The first-order valence-corrected chi connectivity index (χ1v) is 8.37. The Balaban J connectivity index is 2.39. The fourth-order valence-corrected chi connectivity index (χ4v) is 5.00. The predicted octanol–water partition coefficient (Wildman–Crippen LogP) is 1.96. The maximum absolute atomic E-state index is 13.1. The second-order valence-electron chi connectivity index (χ2n) is 4.43. The third kappa shape index (κ3) is 2.99. The molecule has 1 aromatic carbocycles. The average molecular weight is 351 g/mol. The minimum absolute atomic E-state index is 0.0352. The average Bonchev–Trinajstić information content (AvgIpc) is 2.82. The monoisotopic (exact) mass is 350 g/mol. The molecule has 1 heterocycles. The van der Waals surface area contributed by atoms with Gasteiger partial charge in [0.05, 0.1) is 4.90 Å². The molecule has 0 bridgehead atoms. The standard InChI is InChI=1S/C12H16BrFN2O2S/c1-2-16(10-5-6-15-8-10)19(17,18)12-4-3-9(14)7-11(12)13/h3-4,7,10,15H,2,5-6,8H2,1H3. The third-order valence-electron chi connectivity index (χ3n) is 3.23. The zero-order chi connectivity index (χ0) is 14.0. The van der Waals surface area contributed by atoms with Crippen molar-refractivity contribution in [2.45, 2.75) is 24.3 Å². The highest BCUT2D eigenvalue weighted by molar-refractivity contribution is 9.10. The summed E-state index contributed by atoms with van der Waals surface area (Å²) >= 11 is 3.13. The van der Waals surface area contributed by atoms with E-state index in [4.69, 9.17) is 0 Å². The minimum Gasteiger partial charge on any atom is -0.315 e. The minimum atomic E-state index is -3.60. The Hall–Kier alpha value is -0.500. The van der Waals surface area contributed by atoms with Crippen LogP contribution in [0.1, 0.15) is 13.3 Å². The zero-order valence-corrected chi connectivity index (χ0v) is 13.0. The van der Waals surface area contributed by atoms with E-state index in [1.807, 2.05) is 6.92 Å². The van der Waals surface area contributed by atoms with Crippen molar-refractivity contribution in [1.82, 2.24) is 9.62 Å². The molecule has 0 saturated carbocycles. The smallest absolute Gasteiger partial charge is 0.244 e. The molecule has 0 aromatic heterocycles. The van der Waals surface area contributed by atoms with Crippen LogP contribution in [0, 0.1) is 5.82 Å². The summed E-state index contributed by atoms with van der Waals surface area (Å²) in [7, 11) is -3.60. The van der Waals surface area contributed by atoms with Crippen molar-refractivity contribution in [2.75, 3.05) is 19.6 Å². The van der Waals surface area contributed by atoms with Crippen LogP contribution in [0.3, 0.4) is 0 Å². The number of likely N-dealkylation sites (N-methyl/N-ethyl adjacent to an activating group) is 1. The maximum atomic E-state index is 13.1. The van der Waals surface area contributed by atoms with Crippen molar-refractivity contribution in [1.29, 1.82) is 0 Å². The van der Waals surface area contributed by atoms with Crippen LogP contribution in [0.4, 0.5) is 4.39 Å². The van der Waals surface area contributed by atoms with E-state index in [2.05, 4.69) is 21.2 Å². The molecular weight excluding hydrogens is 335 g/mol. The number of nitrogens with zero attached hydrogens (tertiary/aromatic N) is 1. The van der Waals surface area contributed by atoms with Crippen molar-refractivity contribution in [3.05, 3.63) is 28.5 Å². The predicted molar refractivity (Wildman–Crippen MR) is 74.9 cm³/mol. The van der Waals surface area contributed by atoms with Crippen molar-refractivity contribution < 1.29 is 12.8 Å². The lowest BCUT2D eigenvalue weighted by molar-refractivity contribution is 0.348. The maximum Gasteiger partial charge on any atom is 0.244 e. The van der Waals surface area contributed by atoms with Crippen LogP contribution in [-0.2, 0) is 10.0 Å². The van der Waals surface area contributed by atoms with Gasteiger partial charge < -0.3 is 5.32 Å². The van der Waals surface area contributed by atoms with Gasteiger partial charge in [-0.1, -0.05) is 6.92 Å². The number of sulfonamides is 1. The largest absolute Gasteiger partial charge is 0.315 e. The van der Waals surface area contributed by atoms with E-state index in [1.54, 1.807) is 0 Å². The number of hydrogen-bond acceptors (Lipinski definition) is 3. The normalized spacial score (nSPS) is 20.1. The Morgan fingerprint density at radius 2 is 2.26 bits per heavy atom. The van der Waals surface area contributed by atoms with Crippen LogP contribution in [0.2, 0.25) is 0 Å². The van der Waals surface area contributed by atoms with Crippen LogP contribution in [0.25, 0.3) is 0 Å². The summed E-state index contributed by atoms with van der Waals surface area (Å²) in [5.41, 5.74) is 0. The molecule has 1 aliphatic heterocycles. The molecule has 2 rings (SSSR count). The first-order chi connectivity index (χ1) is 8.96. The quantitative estimate of drug-likeness (QED) is 0.902. The molecule has 1 N–H and O–H groups in total. The summed E-state index contributed by atoms with van der Waals surface area (Å²) in [6.45, 7) is 3.69. The number of rotatable bonds is 4. The van der Waals surface area contributed by atoms with Crippen LogP contribution in [0.5, 0.6) is 0 Å². The number of hydrogen-bond donors (Lipinski definition) is 1. The first-order valence-electron chi connectivity index (χ1n) is 6.14. The second kappa shape index (κ2) is 5.87. The number of halogens is 2. The SMILES string of the molecule is CCN(C1CCNC1)S(=O)(=O)c1ccc(F)cc1Br. The lowest BCUT2D eigenvalue weighted by Gasteiger charge is -2.26. The van der Waals surface area contributed by atoms with Gasteiger partial charge in [0.1, 0.15) is 5.82 Å². The second-order valence-corrected chi connectivity index (χ2v) is 7.14. The zero-order valence-electron chi connectivity index (χ0n) is 10.6. The highest BCUT2D eigenvalue weighted by Gasteiger charge is 2.33. The molecule has 19 heavy (non-hydrogen) atoms. The molecule has 4 nitrogen and oxygen atoms in total. The van der Waals surface area contributed by atoms with E-state index in [0.29, 0.717) is 13.1 Å². The van der Waals surface area contributed by atoms with Crippen LogP contribution in [0.15, 0.2) is 27.6 Å². The van der Waals surface area contributed by atoms with Crippen LogP contribution >= 0.6 is 15.9 Å². The molecule has 0 amide bonds. The highest BCUT2D eigenvalue weighted by atomic mass is 79.9. The fraction of sp³-hybridized carbons (Fsp3) is 0.500. The van der Waals surface area contributed by atoms with Gasteiger partial charge in [0.15, 0.2) is 0 Å². The molecule has 106 valence electrons. The Kier molecular flexibility index (Phi) is 4.60. The van der Waals surface area contributed by atoms with E-state index >= 15 is 0 Å². The van der Waals surface area contributed by atoms with E-state index < -0.39 is 15.8 Å². The van der Waals surface area contributed by atoms with Gasteiger partial charge in [0, 0.05) is 23.6 Å². The lowest BCUT2D eigenvalue weighted by atomic mass is 10.3. The Labute approximate surface area is 121 Å². The van der Waals surface area contributed by atoms with Gasteiger partial charge in [0.2, 0.25) is 10.0 Å². The molecule has 0 aliphatic carbocycles. The van der Waals surface area contributed by atoms with E-state index in [1.165, 1.54) is 22.5 Å². The molecule has 7 heteroatoms. The molecule has 0 spiro atoms. The molecule has 1 atom stereocenters. The van der Waals surface area contributed by atoms with Crippen molar-refractivity contribution >= 4 is 26.0 Å². The summed E-state index contributed by atoms with van der Waals surface area (Å²) < 4.78 is 40.1. The van der Waals surface area contributed by atoms with E-state index in [9.17, 15) is 12.8 Å². The summed E-state index contributed by atoms with van der Waals surface area (Å²) in [6.07, 6.45) is 0.798. The summed E-state index contributed by atoms with van der Waals surface area (Å²) in [4.78, 5) is 0.114. The number of nitrogens with one attached hydrogen (secondary N) is 1. The van der Waals surface area contributed by atoms with E-state index in [-0.39, 0.29) is 15.4 Å². The first kappa shape index (κ1) is 14.9. The molecule has 0 radical (unpaired) electrons. The van der Waals surface area contributed by atoms with Gasteiger partial charge in [-0.15, -0.1) is 0 Å². The topological polar surface area (TPSA) is 49.4 Å². The molecule has 1 aliphatic rings.